The standard InChI is InChI=1S/C13H19N3O3/c1-19-13(18)10-4-5-15-12(11(10)14)16-6-2-3-9(7-16)8-17/h4-5,9,17H,2-3,6-8,14H2,1H3. The minimum absolute atomic E-state index is 0.160. The zero-order chi connectivity index (χ0) is 13.8. The molecule has 1 saturated heterocycles. The van der Waals surface area contributed by atoms with Gasteiger partial charge in [-0.3, -0.25) is 0 Å². The van der Waals surface area contributed by atoms with Gasteiger partial charge < -0.3 is 20.5 Å². The summed E-state index contributed by atoms with van der Waals surface area (Å²) in [6.45, 7) is 1.70. The number of anilines is 2. The van der Waals surface area contributed by atoms with Crippen molar-refractivity contribution < 1.29 is 14.6 Å². The summed E-state index contributed by atoms with van der Waals surface area (Å²) in [5.74, 6) is 0.370. The highest BCUT2D eigenvalue weighted by atomic mass is 16.5. The fourth-order valence-electron chi connectivity index (χ4n) is 2.41. The molecule has 6 nitrogen and oxygen atoms in total. The van der Waals surface area contributed by atoms with E-state index in [0.717, 1.165) is 19.4 Å². The van der Waals surface area contributed by atoms with Gasteiger partial charge in [0, 0.05) is 25.9 Å². The number of aliphatic hydroxyl groups excluding tert-OH is 1. The van der Waals surface area contributed by atoms with E-state index in [1.54, 1.807) is 12.3 Å². The summed E-state index contributed by atoms with van der Waals surface area (Å²) in [6.07, 6.45) is 3.54. The topological polar surface area (TPSA) is 88.7 Å². The van der Waals surface area contributed by atoms with Crippen molar-refractivity contribution in [1.82, 2.24) is 4.98 Å². The Hall–Kier alpha value is -1.82. The van der Waals surface area contributed by atoms with Gasteiger partial charge in [0.05, 0.1) is 18.4 Å². The number of carbonyl (C=O) groups is 1. The summed E-state index contributed by atoms with van der Waals surface area (Å²) < 4.78 is 4.70. The van der Waals surface area contributed by atoms with Gasteiger partial charge in [-0.05, 0) is 24.8 Å². The number of carbonyl (C=O) groups excluding carboxylic acids is 1. The molecule has 0 radical (unpaired) electrons. The van der Waals surface area contributed by atoms with E-state index < -0.39 is 5.97 Å². The van der Waals surface area contributed by atoms with E-state index in [1.807, 2.05) is 4.90 Å². The average molecular weight is 265 g/mol. The molecule has 0 spiro atoms. The van der Waals surface area contributed by atoms with Gasteiger partial charge in [-0.15, -0.1) is 0 Å². The van der Waals surface area contributed by atoms with Crippen molar-refractivity contribution in [3.05, 3.63) is 17.8 Å². The van der Waals surface area contributed by atoms with Crippen LogP contribution in [0.2, 0.25) is 0 Å². The van der Waals surface area contributed by atoms with E-state index >= 15 is 0 Å². The van der Waals surface area contributed by atoms with Gasteiger partial charge >= 0.3 is 5.97 Å². The molecule has 0 amide bonds. The average Bonchev–Trinajstić information content (AvgIpc) is 2.46. The van der Waals surface area contributed by atoms with Crippen molar-refractivity contribution in [2.75, 3.05) is 37.4 Å². The highest BCUT2D eigenvalue weighted by molar-refractivity contribution is 5.97. The molecule has 0 aliphatic carbocycles. The lowest BCUT2D eigenvalue weighted by molar-refractivity contribution is 0.0602. The number of nitrogens with two attached hydrogens (primary N) is 1. The predicted molar refractivity (Wildman–Crippen MR) is 72.0 cm³/mol. The van der Waals surface area contributed by atoms with Gasteiger partial charge in [-0.2, -0.15) is 0 Å². The largest absolute Gasteiger partial charge is 0.465 e. The molecule has 0 aromatic carbocycles. The van der Waals surface area contributed by atoms with E-state index in [9.17, 15) is 9.90 Å². The lowest BCUT2D eigenvalue weighted by atomic mass is 9.99. The van der Waals surface area contributed by atoms with Gasteiger partial charge in [-0.1, -0.05) is 0 Å². The SMILES string of the molecule is COC(=O)c1ccnc(N2CCCC(CO)C2)c1N. The first-order valence-corrected chi connectivity index (χ1v) is 6.36. The monoisotopic (exact) mass is 265 g/mol. The first-order valence-electron chi connectivity index (χ1n) is 6.36. The Morgan fingerprint density at radius 1 is 1.68 bits per heavy atom. The number of piperidine rings is 1. The Morgan fingerprint density at radius 2 is 2.47 bits per heavy atom. The lowest BCUT2D eigenvalue weighted by Crippen LogP contribution is -2.37. The summed E-state index contributed by atoms with van der Waals surface area (Å²) >= 11 is 0. The fraction of sp³-hybridized carbons (Fsp3) is 0.538. The third-order valence-electron chi connectivity index (χ3n) is 3.45. The maximum absolute atomic E-state index is 11.6. The van der Waals surface area contributed by atoms with Crippen molar-refractivity contribution in [1.29, 1.82) is 0 Å². The summed E-state index contributed by atoms with van der Waals surface area (Å²) in [5.41, 5.74) is 6.68. The number of nitrogen functional groups attached to an aromatic ring is 1. The van der Waals surface area contributed by atoms with Crippen LogP contribution in [0.25, 0.3) is 0 Å². The number of hydrogen-bond donors (Lipinski definition) is 2. The molecule has 1 aromatic heterocycles. The van der Waals surface area contributed by atoms with Crippen LogP contribution in [0.5, 0.6) is 0 Å². The van der Waals surface area contributed by atoms with E-state index in [2.05, 4.69) is 4.98 Å². The minimum atomic E-state index is -0.461. The third-order valence-corrected chi connectivity index (χ3v) is 3.45. The molecule has 1 fully saturated rings. The molecule has 0 bridgehead atoms. The number of esters is 1. The molecule has 1 aromatic rings. The molecule has 1 aliphatic rings. The predicted octanol–water partition coefficient (Wildman–Crippen LogP) is 0.659. The van der Waals surface area contributed by atoms with Crippen LogP contribution in [0.15, 0.2) is 12.3 Å². The molecule has 1 atom stereocenters. The third kappa shape index (κ3) is 2.78. The molecule has 6 heteroatoms. The van der Waals surface area contributed by atoms with Crippen LogP contribution in [0.3, 0.4) is 0 Å². The van der Waals surface area contributed by atoms with Crippen LogP contribution in [0.4, 0.5) is 11.5 Å². The highest BCUT2D eigenvalue weighted by Gasteiger charge is 2.23. The normalized spacial score (nSPS) is 19.3. The van der Waals surface area contributed by atoms with Crippen LogP contribution >= 0.6 is 0 Å². The second kappa shape index (κ2) is 5.88. The van der Waals surface area contributed by atoms with E-state index in [4.69, 9.17) is 10.5 Å². The van der Waals surface area contributed by atoms with E-state index in [0.29, 0.717) is 23.6 Å². The van der Waals surface area contributed by atoms with Crippen LogP contribution in [-0.2, 0) is 4.74 Å². The Labute approximate surface area is 112 Å². The highest BCUT2D eigenvalue weighted by Crippen LogP contribution is 2.28. The molecule has 104 valence electrons. The quantitative estimate of drug-likeness (QED) is 0.780. The molecule has 19 heavy (non-hydrogen) atoms. The van der Waals surface area contributed by atoms with E-state index in [-0.39, 0.29) is 12.5 Å². The number of hydrogen-bond acceptors (Lipinski definition) is 6. The Bertz CT molecular complexity index is 464. The Morgan fingerprint density at radius 3 is 3.16 bits per heavy atom. The number of aromatic nitrogens is 1. The lowest BCUT2D eigenvalue weighted by Gasteiger charge is -2.33. The van der Waals surface area contributed by atoms with Crippen molar-refractivity contribution >= 4 is 17.5 Å². The first kappa shape index (κ1) is 13.6. The maximum atomic E-state index is 11.6. The van der Waals surface area contributed by atoms with Gasteiger partial charge in [0.25, 0.3) is 0 Å². The summed E-state index contributed by atoms with van der Waals surface area (Å²) in [7, 11) is 1.32. The zero-order valence-electron chi connectivity index (χ0n) is 11.0. The summed E-state index contributed by atoms with van der Waals surface area (Å²) in [5, 5.41) is 9.25. The van der Waals surface area contributed by atoms with Crippen molar-refractivity contribution in [2.45, 2.75) is 12.8 Å². The number of ether oxygens (including phenoxy) is 1. The molecule has 3 N–H and O–H groups in total. The first-order chi connectivity index (χ1) is 9.17. The van der Waals surface area contributed by atoms with Crippen LogP contribution in [-0.4, -0.2) is 42.9 Å². The van der Waals surface area contributed by atoms with Gasteiger partial charge in [0.1, 0.15) is 0 Å². The van der Waals surface area contributed by atoms with Crippen LogP contribution < -0.4 is 10.6 Å². The number of pyridine rings is 1. The molecular formula is C13H19N3O3. The number of methoxy groups -OCH3 is 1. The van der Waals surface area contributed by atoms with Crippen molar-refractivity contribution in [3.63, 3.8) is 0 Å². The second-order valence-electron chi connectivity index (χ2n) is 4.72. The smallest absolute Gasteiger partial charge is 0.340 e. The summed E-state index contributed by atoms with van der Waals surface area (Å²) in [6, 6.07) is 1.55. The number of nitrogens with zero attached hydrogens (tertiary/aromatic N) is 2. The van der Waals surface area contributed by atoms with Gasteiger partial charge in [0.15, 0.2) is 5.82 Å². The van der Waals surface area contributed by atoms with Crippen LogP contribution in [0, 0.1) is 5.92 Å². The maximum Gasteiger partial charge on any atom is 0.340 e. The fourth-order valence-corrected chi connectivity index (χ4v) is 2.41. The molecule has 1 unspecified atom stereocenters. The molecule has 2 rings (SSSR count). The van der Waals surface area contributed by atoms with Gasteiger partial charge in [-0.25, -0.2) is 9.78 Å². The van der Waals surface area contributed by atoms with Gasteiger partial charge in [0.2, 0.25) is 0 Å². The van der Waals surface area contributed by atoms with Crippen molar-refractivity contribution in [2.24, 2.45) is 5.92 Å². The molecular weight excluding hydrogens is 246 g/mol. The Balaban J connectivity index is 2.27. The second-order valence-corrected chi connectivity index (χ2v) is 4.72. The molecule has 1 aliphatic heterocycles. The van der Waals surface area contributed by atoms with Crippen LogP contribution in [0.1, 0.15) is 23.2 Å². The van der Waals surface area contributed by atoms with Crippen molar-refractivity contribution in [3.8, 4) is 0 Å². The Kier molecular flexibility index (Phi) is 4.21. The zero-order valence-corrected chi connectivity index (χ0v) is 11.0. The minimum Gasteiger partial charge on any atom is -0.465 e. The number of rotatable bonds is 3. The molecule has 0 saturated carbocycles. The van der Waals surface area contributed by atoms with E-state index in [1.165, 1.54) is 7.11 Å². The summed E-state index contributed by atoms with van der Waals surface area (Å²) in [4.78, 5) is 17.9. The molecule has 2 heterocycles. The number of aliphatic hydroxyl groups is 1.